The van der Waals surface area contributed by atoms with Gasteiger partial charge in [-0.25, -0.2) is 4.68 Å². The summed E-state index contributed by atoms with van der Waals surface area (Å²) in [4.78, 5) is 13.1. The number of hydrogen-bond donors (Lipinski definition) is 2. The first-order valence-electron chi connectivity index (χ1n) is 6.94. The van der Waals surface area contributed by atoms with Crippen LogP contribution in [-0.4, -0.2) is 37.8 Å². The molecule has 3 aromatic rings. The van der Waals surface area contributed by atoms with E-state index in [1.165, 1.54) is 22.3 Å². The van der Waals surface area contributed by atoms with E-state index >= 15 is 0 Å². The van der Waals surface area contributed by atoms with E-state index in [4.69, 9.17) is 0 Å². The molecule has 0 bridgehead atoms. The molecule has 1 atom stereocenters. The fourth-order valence-corrected chi connectivity index (χ4v) is 2.88. The number of aliphatic hydroxyl groups is 1. The van der Waals surface area contributed by atoms with Crippen molar-refractivity contribution in [2.45, 2.75) is 12.5 Å². The van der Waals surface area contributed by atoms with Crippen LogP contribution in [0.3, 0.4) is 0 Å². The second kappa shape index (κ2) is 6.27. The van der Waals surface area contributed by atoms with Crippen molar-refractivity contribution >= 4 is 17.2 Å². The lowest BCUT2D eigenvalue weighted by Gasteiger charge is -2.22. The van der Waals surface area contributed by atoms with Gasteiger partial charge in [-0.1, -0.05) is 12.1 Å². The Labute approximate surface area is 136 Å². The molecule has 8 heteroatoms. The summed E-state index contributed by atoms with van der Waals surface area (Å²) in [6.07, 6.45) is 1.46. The number of thiophene rings is 1. The highest BCUT2D eigenvalue weighted by atomic mass is 32.1. The lowest BCUT2D eigenvalue weighted by molar-refractivity contribution is 0.0557. The first-order chi connectivity index (χ1) is 11.1. The molecular formula is C15H15N5O2S. The van der Waals surface area contributed by atoms with Crippen LogP contribution in [0.4, 0.5) is 0 Å². The molecule has 0 aliphatic carbocycles. The lowest BCUT2D eigenvalue weighted by atomic mass is 10.0. The molecule has 0 fully saturated rings. The molecule has 0 spiro atoms. The highest BCUT2D eigenvalue weighted by Crippen LogP contribution is 2.24. The number of rotatable bonds is 5. The van der Waals surface area contributed by atoms with Gasteiger partial charge < -0.3 is 10.4 Å². The molecule has 7 nitrogen and oxygen atoms in total. The van der Waals surface area contributed by atoms with Crippen LogP contribution in [0.15, 0.2) is 48.1 Å². The van der Waals surface area contributed by atoms with E-state index in [1.807, 2.05) is 17.5 Å². The number of carbonyl (C=O) groups is 1. The zero-order valence-corrected chi connectivity index (χ0v) is 13.2. The first-order valence-corrected chi connectivity index (χ1v) is 7.82. The van der Waals surface area contributed by atoms with Gasteiger partial charge in [-0.2, -0.15) is 0 Å². The maximum atomic E-state index is 12.3. The fraction of sp³-hybridized carbons (Fsp3) is 0.200. The Hall–Kier alpha value is -2.58. The first kappa shape index (κ1) is 15.3. The Balaban J connectivity index is 1.70. The van der Waals surface area contributed by atoms with Gasteiger partial charge in [0, 0.05) is 10.4 Å². The molecule has 2 aromatic heterocycles. The van der Waals surface area contributed by atoms with Gasteiger partial charge in [0.15, 0.2) is 0 Å². The summed E-state index contributed by atoms with van der Waals surface area (Å²) in [5.41, 5.74) is 0.0599. The lowest BCUT2D eigenvalue weighted by Crippen LogP contribution is -2.38. The highest BCUT2D eigenvalue weighted by molar-refractivity contribution is 7.10. The van der Waals surface area contributed by atoms with Gasteiger partial charge in [-0.05, 0) is 47.0 Å². The van der Waals surface area contributed by atoms with E-state index in [2.05, 4.69) is 20.8 Å². The van der Waals surface area contributed by atoms with Crippen LogP contribution in [-0.2, 0) is 5.60 Å². The van der Waals surface area contributed by atoms with Crippen LogP contribution < -0.4 is 5.32 Å². The zero-order chi connectivity index (χ0) is 16.3. The molecule has 1 amide bonds. The van der Waals surface area contributed by atoms with Crippen LogP contribution in [0.2, 0.25) is 0 Å². The molecule has 23 heavy (non-hydrogen) atoms. The smallest absolute Gasteiger partial charge is 0.251 e. The van der Waals surface area contributed by atoms with Crippen molar-refractivity contribution in [1.82, 2.24) is 25.5 Å². The molecule has 2 heterocycles. The largest absolute Gasteiger partial charge is 0.383 e. The van der Waals surface area contributed by atoms with Crippen LogP contribution in [0.25, 0.3) is 5.69 Å². The highest BCUT2D eigenvalue weighted by Gasteiger charge is 2.25. The molecule has 0 saturated carbocycles. The predicted octanol–water partition coefficient (Wildman–Crippen LogP) is 1.36. The molecule has 0 aliphatic rings. The molecule has 1 unspecified atom stereocenters. The molecule has 2 N–H and O–H groups in total. The summed E-state index contributed by atoms with van der Waals surface area (Å²) in [6, 6.07) is 10.6. The van der Waals surface area contributed by atoms with Crippen LogP contribution in [0, 0.1) is 0 Å². The average molecular weight is 329 g/mol. The van der Waals surface area contributed by atoms with Crippen molar-refractivity contribution in [3.8, 4) is 5.69 Å². The molecular weight excluding hydrogens is 314 g/mol. The van der Waals surface area contributed by atoms with E-state index in [1.54, 1.807) is 31.2 Å². The molecule has 3 rings (SSSR count). The zero-order valence-electron chi connectivity index (χ0n) is 12.4. The van der Waals surface area contributed by atoms with E-state index in [-0.39, 0.29) is 12.5 Å². The van der Waals surface area contributed by atoms with E-state index in [9.17, 15) is 9.90 Å². The standard InChI is InChI=1S/C15H15N5O2S/c1-15(22,13-6-3-7-23-13)9-16-14(21)11-4-2-5-12(8-11)20-10-17-18-19-20/h2-8,10,22H,9H2,1H3,(H,16,21). The fourth-order valence-electron chi connectivity index (χ4n) is 2.10. The topological polar surface area (TPSA) is 92.9 Å². The number of tetrazole rings is 1. The third-order valence-corrected chi connectivity index (χ3v) is 4.49. The molecule has 1 aromatic carbocycles. The van der Waals surface area contributed by atoms with Crippen molar-refractivity contribution in [3.05, 3.63) is 58.5 Å². The van der Waals surface area contributed by atoms with E-state index < -0.39 is 5.60 Å². The van der Waals surface area contributed by atoms with Gasteiger partial charge >= 0.3 is 0 Å². The minimum Gasteiger partial charge on any atom is -0.383 e. The van der Waals surface area contributed by atoms with Crippen LogP contribution >= 0.6 is 11.3 Å². The van der Waals surface area contributed by atoms with Gasteiger partial charge in [0.25, 0.3) is 5.91 Å². The number of nitrogens with one attached hydrogen (secondary N) is 1. The van der Waals surface area contributed by atoms with Gasteiger partial charge in [0.05, 0.1) is 12.2 Å². The van der Waals surface area contributed by atoms with E-state index in [0.29, 0.717) is 11.3 Å². The number of hydrogen-bond acceptors (Lipinski definition) is 6. The number of carbonyl (C=O) groups excluding carboxylic acids is 1. The Morgan fingerprint density at radius 2 is 2.26 bits per heavy atom. The maximum absolute atomic E-state index is 12.3. The van der Waals surface area contributed by atoms with Gasteiger partial charge in [-0.15, -0.1) is 16.4 Å². The normalized spacial score (nSPS) is 13.5. The number of aromatic nitrogens is 4. The molecule has 0 saturated heterocycles. The second-order valence-corrected chi connectivity index (χ2v) is 6.19. The van der Waals surface area contributed by atoms with Gasteiger partial charge in [0.1, 0.15) is 11.9 Å². The second-order valence-electron chi connectivity index (χ2n) is 5.24. The van der Waals surface area contributed by atoms with Crippen molar-refractivity contribution in [3.63, 3.8) is 0 Å². The number of nitrogens with zero attached hydrogens (tertiary/aromatic N) is 4. The maximum Gasteiger partial charge on any atom is 0.251 e. The Morgan fingerprint density at radius 1 is 1.39 bits per heavy atom. The minimum atomic E-state index is -1.10. The monoisotopic (exact) mass is 329 g/mol. The summed E-state index contributed by atoms with van der Waals surface area (Å²) in [6.45, 7) is 1.80. The summed E-state index contributed by atoms with van der Waals surface area (Å²) >= 11 is 1.45. The summed E-state index contributed by atoms with van der Waals surface area (Å²) < 4.78 is 1.47. The molecule has 118 valence electrons. The van der Waals surface area contributed by atoms with Gasteiger partial charge in [-0.3, -0.25) is 4.79 Å². The predicted molar refractivity (Wildman–Crippen MR) is 85.4 cm³/mol. The summed E-state index contributed by atoms with van der Waals surface area (Å²) in [5.74, 6) is -0.267. The van der Waals surface area contributed by atoms with Crippen LogP contribution in [0.1, 0.15) is 22.2 Å². The van der Waals surface area contributed by atoms with Crippen molar-refractivity contribution in [2.75, 3.05) is 6.54 Å². The van der Waals surface area contributed by atoms with Crippen molar-refractivity contribution in [2.24, 2.45) is 0 Å². The SMILES string of the molecule is CC(O)(CNC(=O)c1cccc(-n2cnnn2)c1)c1cccs1. The molecule has 0 radical (unpaired) electrons. The van der Waals surface area contributed by atoms with Crippen molar-refractivity contribution < 1.29 is 9.90 Å². The minimum absolute atomic E-state index is 0.126. The Morgan fingerprint density at radius 3 is 2.96 bits per heavy atom. The Bertz CT molecular complexity index is 784. The third-order valence-electron chi connectivity index (χ3n) is 3.37. The van der Waals surface area contributed by atoms with E-state index in [0.717, 1.165) is 4.88 Å². The Kier molecular flexibility index (Phi) is 4.18. The summed E-state index contributed by atoms with van der Waals surface area (Å²) in [7, 11) is 0. The molecule has 0 aliphatic heterocycles. The quantitative estimate of drug-likeness (QED) is 0.737. The number of amides is 1. The van der Waals surface area contributed by atoms with Crippen LogP contribution in [0.5, 0.6) is 0 Å². The summed E-state index contributed by atoms with van der Waals surface area (Å²) in [5, 5.41) is 26.0. The average Bonchev–Trinajstić information content (AvgIpc) is 3.25. The van der Waals surface area contributed by atoms with Crippen molar-refractivity contribution in [1.29, 1.82) is 0 Å². The third kappa shape index (κ3) is 3.43. The van der Waals surface area contributed by atoms with Gasteiger partial charge in [0.2, 0.25) is 0 Å². The number of benzene rings is 1.